The SMILES string of the molecule is Cc1cccc(C(=O)N2CCC3(CC2)COC(CN(C)Cc2cccnc2)C3)c1.O=C(O)C(F)(F)F.O=C(O)C(F)(F)F. The fourth-order valence-corrected chi connectivity index (χ4v) is 4.72. The first-order valence-corrected chi connectivity index (χ1v) is 13.1. The van der Waals surface area contributed by atoms with Crippen molar-refractivity contribution in [2.75, 3.05) is 33.3 Å². The number of carbonyl (C=O) groups excluding carboxylic acids is 1. The molecule has 238 valence electrons. The summed E-state index contributed by atoms with van der Waals surface area (Å²) in [4.78, 5) is 39.1. The lowest BCUT2D eigenvalue weighted by Gasteiger charge is -2.38. The van der Waals surface area contributed by atoms with Gasteiger partial charge in [-0.2, -0.15) is 26.3 Å². The molecule has 2 aliphatic heterocycles. The third-order valence-electron chi connectivity index (χ3n) is 6.84. The largest absolute Gasteiger partial charge is 0.490 e. The monoisotopic (exact) mass is 621 g/mol. The fraction of sp³-hybridized carbons (Fsp3) is 0.500. The Balaban J connectivity index is 0.000000384. The lowest BCUT2D eigenvalue weighted by Crippen LogP contribution is -2.43. The molecule has 1 aromatic carbocycles. The number of amides is 1. The molecule has 15 heteroatoms. The lowest BCUT2D eigenvalue weighted by molar-refractivity contribution is -0.193. The molecule has 0 aliphatic carbocycles. The number of hydrogen-bond acceptors (Lipinski definition) is 6. The van der Waals surface area contributed by atoms with Gasteiger partial charge in [-0.3, -0.25) is 14.7 Å². The number of carbonyl (C=O) groups is 3. The van der Waals surface area contributed by atoms with Crippen molar-refractivity contribution >= 4 is 17.8 Å². The highest BCUT2D eigenvalue weighted by atomic mass is 19.4. The summed E-state index contributed by atoms with van der Waals surface area (Å²) in [5.74, 6) is -5.35. The predicted octanol–water partition coefficient (Wildman–Crippen LogP) is 4.80. The smallest absolute Gasteiger partial charge is 0.475 e. The van der Waals surface area contributed by atoms with Gasteiger partial charge < -0.3 is 19.8 Å². The highest BCUT2D eigenvalue weighted by molar-refractivity contribution is 5.94. The van der Waals surface area contributed by atoms with Gasteiger partial charge >= 0.3 is 24.3 Å². The summed E-state index contributed by atoms with van der Waals surface area (Å²) in [6.45, 7) is 6.33. The van der Waals surface area contributed by atoms with Gasteiger partial charge in [-0.25, -0.2) is 9.59 Å². The summed E-state index contributed by atoms with van der Waals surface area (Å²) < 4.78 is 69.7. The topological polar surface area (TPSA) is 120 Å². The Morgan fingerprint density at radius 2 is 1.60 bits per heavy atom. The van der Waals surface area contributed by atoms with Gasteiger partial charge in [-0.1, -0.05) is 23.8 Å². The van der Waals surface area contributed by atoms with Crippen LogP contribution in [0.15, 0.2) is 48.8 Å². The molecular weight excluding hydrogens is 588 g/mol. The number of carboxylic acids is 2. The number of carboxylic acid groups (broad SMARTS) is 2. The molecule has 2 N–H and O–H groups in total. The van der Waals surface area contributed by atoms with Crippen LogP contribution in [0.5, 0.6) is 0 Å². The summed E-state index contributed by atoms with van der Waals surface area (Å²) in [7, 11) is 2.14. The molecule has 0 saturated carbocycles. The summed E-state index contributed by atoms with van der Waals surface area (Å²) >= 11 is 0. The van der Waals surface area contributed by atoms with Gasteiger partial charge in [-0.15, -0.1) is 0 Å². The molecule has 1 unspecified atom stereocenters. The second-order valence-electron chi connectivity index (χ2n) is 10.5. The molecule has 2 aromatic rings. The Hall–Kier alpha value is -3.72. The third-order valence-corrected chi connectivity index (χ3v) is 6.84. The number of rotatable bonds is 5. The van der Waals surface area contributed by atoms with Crippen LogP contribution >= 0.6 is 0 Å². The van der Waals surface area contributed by atoms with E-state index < -0.39 is 24.3 Å². The third kappa shape index (κ3) is 11.8. The summed E-state index contributed by atoms with van der Waals surface area (Å²) in [6, 6.07) is 12.0. The van der Waals surface area contributed by atoms with Crippen LogP contribution in [0.2, 0.25) is 0 Å². The van der Waals surface area contributed by atoms with Crippen LogP contribution in [-0.4, -0.2) is 94.6 Å². The number of aryl methyl sites for hydroxylation is 1. The van der Waals surface area contributed by atoms with E-state index in [2.05, 4.69) is 23.0 Å². The van der Waals surface area contributed by atoms with E-state index in [4.69, 9.17) is 24.5 Å². The van der Waals surface area contributed by atoms with Crippen LogP contribution < -0.4 is 0 Å². The van der Waals surface area contributed by atoms with Crippen LogP contribution in [-0.2, 0) is 20.9 Å². The summed E-state index contributed by atoms with van der Waals surface area (Å²) in [6.07, 6.45) is -2.99. The summed E-state index contributed by atoms with van der Waals surface area (Å²) in [5, 5.41) is 14.2. The van der Waals surface area contributed by atoms with E-state index in [1.807, 2.05) is 54.5 Å². The van der Waals surface area contributed by atoms with E-state index in [0.717, 1.165) is 63.2 Å². The number of halogens is 6. The Morgan fingerprint density at radius 1 is 1.02 bits per heavy atom. The van der Waals surface area contributed by atoms with Crippen LogP contribution in [0.1, 0.15) is 40.7 Å². The average Bonchev–Trinajstić information content (AvgIpc) is 3.30. The number of benzene rings is 1. The standard InChI is InChI=1S/C24H31N3O2.2C2HF3O2/c1-19-5-3-7-21(13-19)23(28)27-11-8-24(9-12-27)14-22(29-18-24)17-26(2)16-20-6-4-10-25-15-20;2*3-2(4,5)1(6)7/h3-7,10,13,15,22H,8-9,11-12,14,16-18H2,1-2H3;2*(H,6,7). The number of likely N-dealkylation sites (N-methyl/N-ethyl adjacent to an activating group) is 1. The maximum Gasteiger partial charge on any atom is 0.490 e. The first-order chi connectivity index (χ1) is 19.9. The zero-order chi connectivity index (χ0) is 32.4. The molecule has 1 atom stereocenters. The zero-order valence-corrected chi connectivity index (χ0v) is 23.5. The van der Waals surface area contributed by atoms with E-state index in [-0.39, 0.29) is 17.4 Å². The molecule has 0 radical (unpaired) electrons. The van der Waals surface area contributed by atoms with E-state index in [1.54, 1.807) is 0 Å². The molecule has 9 nitrogen and oxygen atoms in total. The first kappa shape index (κ1) is 35.5. The molecule has 1 aromatic heterocycles. The lowest BCUT2D eigenvalue weighted by atomic mass is 9.76. The molecule has 2 aliphatic rings. The van der Waals surface area contributed by atoms with Crippen molar-refractivity contribution in [2.24, 2.45) is 5.41 Å². The normalized spacial score (nSPS) is 17.9. The summed E-state index contributed by atoms with van der Waals surface area (Å²) in [5.41, 5.74) is 3.40. The maximum atomic E-state index is 12.8. The number of hydrogen-bond donors (Lipinski definition) is 2. The van der Waals surface area contributed by atoms with E-state index in [9.17, 15) is 31.1 Å². The second-order valence-corrected chi connectivity index (χ2v) is 10.5. The number of pyridine rings is 1. The van der Waals surface area contributed by atoms with Crippen LogP contribution in [0, 0.1) is 12.3 Å². The van der Waals surface area contributed by atoms with Gasteiger partial charge in [0.1, 0.15) is 0 Å². The zero-order valence-electron chi connectivity index (χ0n) is 23.5. The predicted molar refractivity (Wildman–Crippen MR) is 141 cm³/mol. The molecule has 3 heterocycles. The molecule has 2 fully saturated rings. The first-order valence-electron chi connectivity index (χ1n) is 13.1. The van der Waals surface area contributed by atoms with Gasteiger partial charge in [0, 0.05) is 44.1 Å². The van der Waals surface area contributed by atoms with Gasteiger partial charge in [0.15, 0.2) is 0 Å². The molecule has 1 spiro atoms. The van der Waals surface area contributed by atoms with Crippen LogP contribution in [0.3, 0.4) is 0 Å². The fourth-order valence-electron chi connectivity index (χ4n) is 4.72. The number of nitrogens with zero attached hydrogens (tertiary/aromatic N) is 3. The van der Waals surface area contributed by atoms with Crippen molar-refractivity contribution in [3.8, 4) is 0 Å². The van der Waals surface area contributed by atoms with Crippen molar-refractivity contribution < 1.29 is 55.7 Å². The second kappa shape index (κ2) is 15.1. The molecule has 43 heavy (non-hydrogen) atoms. The Morgan fingerprint density at radius 3 is 2.09 bits per heavy atom. The Bertz CT molecular complexity index is 1190. The number of likely N-dealkylation sites (tertiary alicyclic amines) is 1. The van der Waals surface area contributed by atoms with Crippen molar-refractivity contribution in [2.45, 2.75) is 51.2 Å². The number of piperidine rings is 1. The van der Waals surface area contributed by atoms with Crippen molar-refractivity contribution in [3.05, 3.63) is 65.5 Å². The maximum absolute atomic E-state index is 12.8. The molecule has 2 saturated heterocycles. The minimum absolute atomic E-state index is 0.162. The van der Waals surface area contributed by atoms with Gasteiger partial charge in [0.25, 0.3) is 5.91 Å². The van der Waals surface area contributed by atoms with Crippen molar-refractivity contribution in [1.29, 1.82) is 0 Å². The van der Waals surface area contributed by atoms with E-state index >= 15 is 0 Å². The average molecular weight is 622 g/mol. The Kier molecular flexibility index (Phi) is 12.5. The van der Waals surface area contributed by atoms with Gasteiger partial charge in [0.05, 0.1) is 12.7 Å². The quantitative estimate of drug-likeness (QED) is 0.457. The Labute approximate surface area is 244 Å². The highest BCUT2D eigenvalue weighted by Gasteiger charge is 2.43. The minimum Gasteiger partial charge on any atom is -0.475 e. The van der Waals surface area contributed by atoms with Crippen LogP contribution in [0.25, 0.3) is 0 Å². The minimum atomic E-state index is -5.08. The van der Waals surface area contributed by atoms with Gasteiger partial charge in [-0.05, 0) is 62.4 Å². The van der Waals surface area contributed by atoms with Gasteiger partial charge in [0.2, 0.25) is 0 Å². The van der Waals surface area contributed by atoms with E-state index in [0.29, 0.717) is 0 Å². The van der Waals surface area contributed by atoms with Crippen molar-refractivity contribution in [3.63, 3.8) is 0 Å². The highest BCUT2D eigenvalue weighted by Crippen LogP contribution is 2.42. The van der Waals surface area contributed by atoms with Crippen molar-refractivity contribution in [1.82, 2.24) is 14.8 Å². The number of aromatic nitrogens is 1. The van der Waals surface area contributed by atoms with E-state index in [1.165, 1.54) is 5.56 Å². The molecule has 0 bridgehead atoms. The number of aliphatic carboxylic acids is 2. The van der Waals surface area contributed by atoms with Crippen LogP contribution in [0.4, 0.5) is 26.3 Å². The molecule has 4 rings (SSSR count). The molecular formula is C28H33F6N3O6. The molecule has 1 amide bonds. The number of ether oxygens (including phenoxy) is 1. The number of alkyl halides is 6.